The van der Waals surface area contributed by atoms with E-state index >= 15 is 0 Å². The molecule has 638 valence electrons. The summed E-state index contributed by atoms with van der Waals surface area (Å²) in [6.07, 6.45) is 1.88. The number of aromatic nitrogens is 8. The Balaban J connectivity index is 0.0000000981. The van der Waals surface area contributed by atoms with Crippen LogP contribution >= 0.6 is 0 Å². The van der Waals surface area contributed by atoms with Gasteiger partial charge in [0.05, 0.1) is 71.9 Å². The van der Waals surface area contributed by atoms with Gasteiger partial charge in [-0.1, -0.05) is 303 Å². The standard InChI is InChI=1S/C46H28N2.C45H27N3.C39H23N3/c1-3-12-29(13-4-1)31-15-9-18-33(26-31)48-41-23-11-21-36-38-28-43-39(34-19-7-8-22-40(34)47(43)32-16-5-2-6-17-32)27-37(38)35-20-10-14-30-24-25-42(48)46(44(30)35)45(36)41;1-3-12-28(13-4-1)37-20-11-23-42(46-37)48-39-22-10-19-33-35-27-41-36(31-17-7-8-21-38(31)47(41)30-15-5-2-6-16-30)26-34(35)32-18-9-14-29-24-25-40(48)45(43(29)32)44(33)39;1-2-11-25(12-3-1)41-32-16-5-4-13-26(32)31-22-29-27-14-8-10-24-19-20-34-39(37(24)27)38-28(30(29)23-35(31)41)15-9-17-33(38)42(34)36-18-6-7-21-40-36/h1-28H;1-27H;1-23H. The van der Waals surface area contributed by atoms with Crippen molar-refractivity contribution < 1.29 is 0 Å². The highest BCUT2D eigenvalue weighted by Crippen LogP contribution is 2.57. The average molecular weight is 1750 g/mol. The summed E-state index contributed by atoms with van der Waals surface area (Å²) in [6, 6.07) is 170. The molecule has 3 aliphatic rings. The summed E-state index contributed by atoms with van der Waals surface area (Å²) in [7, 11) is 0. The molecule has 0 saturated heterocycles. The number of fused-ring (bicyclic) bond motifs is 18. The van der Waals surface area contributed by atoms with Gasteiger partial charge in [-0.3, -0.25) is 9.13 Å². The van der Waals surface area contributed by atoms with Crippen molar-refractivity contribution in [3.63, 3.8) is 0 Å². The van der Waals surface area contributed by atoms with Gasteiger partial charge in [-0.2, -0.15) is 0 Å². The van der Waals surface area contributed by atoms with Crippen molar-refractivity contribution in [2.45, 2.75) is 0 Å². The molecule has 0 N–H and O–H groups in total. The van der Waals surface area contributed by atoms with E-state index in [-0.39, 0.29) is 0 Å². The summed E-state index contributed by atoms with van der Waals surface area (Å²) >= 11 is 0. The van der Waals surface area contributed by atoms with E-state index in [1.807, 2.05) is 18.3 Å². The highest BCUT2D eigenvalue weighted by atomic mass is 15.1. The van der Waals surface area contributed by atoms with Crippen LogP contribution < -0.4 is 0 Å². The van der Waals surface area contributed by atoms with Crippen LogP contribution in [0.5, 0.6) is 0 Å². The van der Waals surface area contributed by atoms with Gasteiger partial charge in [-0.15, -0.1) is 0 Å². The maximum absolute atomic E-state index is 5.25. The van der Waals surface area contributed by atoms with Crippen LogP contribution in [-0.2, 0) is 0 Å². The molecule has 0 radical (unpaired) electrons. The molecule has 0 aliphatic heterocycles. The summed E-state index contributed by atoms with van der Waals surface area (Å²) in [4.78, 5) is 10.0. The van der Waals surface area contributed by atoms with E-state index in [4.69, 9.17) is 9.97 Å². The minimum absolute atomic E-state index is 0.922. The van der Waals surface area contributed by atoms with Crippen LogP contribution in [0.1, 0.15) is 0 Å². The highest BCUT2D eigenvalue weighted by Gasteiger charge is 2.33. The van der Waals surface area contributed by atoms with Gasteiger partial charge in [0.15, 0.2) is 0 Å². The molecule has 8 heteroatoms. The minimum atomic E-state index is 0.922. The Morgan fingerprint density at radius 3 is 0.862 bits per heavy atom. The lowest BCUT2D eigenvalue weighted by atomic mass is 9.91. The number of rotatable bonds is 8. The Bertz CT molecular complexity index is 9860. The molecule has 0 unspecified atom stereocenters. The number of hydrogen-bond donors (Lipinski definition) is 0. The number of pyridine rings is 2. The first-order valence-corrected chi connectivity index (χ1v) is 47.5. The van der Waals surface area contributed by atoms with Crippen LogP contribution in [0.2, 0.25) is 0 Å². The van der Waals surface area contributed by atoms with Gasteiger partial charge >= 0.3 is 0 Å². The zero-order valence-electron chi connectivity index (χ0n) is 74.6. The van der Waals surface area contributed by atoms with Gasteiger partial charge in [0.2, 0.25) is 0 Å². The predicted molar refractivity (Wildman–Crippen MR) is 578 cm³/mol. The lowest BCUT2D eigenvalue weighted by Crippen LogP contribution is -1.99. The van der Waals surface area contributed by atoms with Gasteiger partial charge < -0.3 is 18.3 Å². The Kier molecular flexibility index (Phi) is 16.3. The minimum Gasteiger partial charge on any atom is -0.309 e. The second-order valence-electron chi connectivity index (χ2n) is 36.9. The molecule has 138 heavy (non-hydrogen) atoms. The second kappa shape index (κ2) is 29.5. The van der Waals surface area contributed by atoms with Crippen LogP contribution in [0.15, 0.2) is 473 Å². The van der Waals surface area contributed by atoms with E-state index in [0.717, 1.165) is 22.9 Å². The van der Waals surface area contributed by atoms with Crippen LogP contribution in [-0.4, -0.2) is 37.4 Å². The van der Waals surface area contributed by atoms with Crippen molar-refractivity contribution in [1.82, 2.24) is 37.4 Å². The van der Waals surface area contributed by atoms with Crippen molar-refractivity contribution in [3.05, 3.63) is 473 Å². The lowest BCUT2D eigenvalue weighted by Gasteiger charge is -2.15. The third kappa shape index (κ3) is 11.0. The molecule has 21 aromatic carbocycles. The summed E-state index contributed by atoms with van der Waals surface area (Å²) in [6.45, 7) is 0. The number of hydrogen-bond acceptors (Lipinski definition) is 2. The summed E-state index contributed by atoms with van der Waals surface area (Å²) < 4.78 is 14.4. The largest absolute Gasteiger partial charge is 0.309 e. The SMILES string of the molecule is c1ccc(-c2cccc(-n3c4cccc5c4c4c6c(cccc6ccc43)-c3cc4c6ccccc6n(-c6ccccc6)c4cc3-5)c2)cc1.c1ccc(-c2cccc(-n3c4cccc5c4c4c6c(cccc6ccc43)-c3cc4c6ccccc6n(-c6ccccc6)c4cc3-5)n2)cc1.c1ccc(-n2c3ccccc3c3cc4c(cc32)-c2cccc3c2c2c5c-4cccc5ccc2n3-c2ccccn2)cc1. The quantitative estimate of drug-likeness (QED) is 0.152. The molecule has 8 heterocycles. The Morgan fingerprint density at radius 2 is 0.442 bits per heavy atom. The van der Waals surface area contributed by atoms with E-state index in [1.165, 1.54) is 264 Å². The smallest absolute Gasteiger partial charge is 0.138 e. The molecule has 8 nitrogen and oxygen atoms in total. The maximum Gasteiger partial charge on any atom is 0.138 e. The third-order valence-corrected chi connectivity index (χ3v) is 29.7. The van der Waals surface area contributed by atoms with Crippen molar-refractivity contribution in [2.75, 3.05) is 0 Å². The third-order valence-electron chi connectivity index (χ3n) is 29.7. The maximum atomic E-state index is 5.25. The van der Waals surface area contributed by atoms with Gasteiger partial charge in [0.25, 0.3) is 0 Å². The summed E-state index contributed by atoms with van der Waals surface area (Å²) in [5.74, 6) is 1.86. The number of nitrogens with zero attached hydrogens (tertiary/aromatic N) is 8. The van der Waals surface area contributed by atoms with Crippen molar-refractivity contribution in [3.8, 4) is 124 Å². The molecule has 3 aliphatic carbocycles. The van der Waals surface area contributed by atoms with Crippen LogP contribution in [0, 0.1) is 0 Å². The molecular formula is C130H78N8. The fourth-order valence-electron chi connectivity index (χ4n) is 24.1. The van der Waals surface area contributed by atoms with Gasteiger partial charge in [0, 0.05) is 99.1 Å². The highest BCUT2D eigenvalue weighted by molar-refractivity contribution is 6.35. The molecule has 32 rings (SSSR count). The van der Waals surface area contributed by atoms with Gasteiger partial charge in [0.1, 0.15) is 11.6 Å². The van der Waals surface area contributed by atoms with E-state index in [1.54, 1.807) is 0 Å². The Hall–Kier alpha value is -18.5. The molecule has 0 spiro atoms. The van der Waals surface area contributed by atoms with Gasteiger partial charge in [-0.05, 0) is 274 Å². The van der Waals surface area contributed by atoms with Gasteiger partial charge in [-0.25, -0.2) is 9.97 Å². The zero-order chi connectivity index (χ0) is 90.1. The summed E-state index contributed by atoms with van der Waals surface area (Å²) in [5, 5.41) is 23.1. The fraction of sp³-hybridized carbons (Fsp3) is 0. The first kappa shape index (κ1) is 76.1. The Labute approximate surface area is 791 Å². The normalized spacial score (nSPS) is 12.2. The molecule has 8 aromatic heterocycles. The van der Waals surface area contributed by atoms with Crippen LogP contribution in [0.25, 0.3) is 287 Å². The molecule has 0 amide bonds. The predicted octanol–water partition coefficient (Wildman–Crippen LogP) is 34.2. The number of para-hydroxylation sites is 6. The lowest BCUT2D eigenvalue weighted by molar-refractivity contribution is 1.08. The molecule has 0 bridgehead atoms. The second-order valence-corrected chi connectivity index (χ2v) is 36.9. The molecule has 29 aromatic rings. The monoisotopic (exact) mass is 1750 g/mol. The van der Waals surface area contributed by atoms with E-state index < -0.39 is 0 Å². The first-order valence-electron chi connectivity index (χ1n) is 47.5. The average Bonchev–Trinajstić information content (AvgIpc) is 1.54. The van der Waals surface area contributed by atoms with Crippen LogP contribution in [0.3, 0.4) is 0 Å². The van der Waals surface area contributed by atoms with E-state index in [0.29, 0.717) is 0 Å². The van der Waals surface area contributed by atoms with E-state index in [9.17, 15) is 0 Å². The first-order chi connectivity index (χ1) is 68.5. The number of benzene rings is 21. The molecule has 0 atom stereocenters. The summed E-state index contributed by atoms with van der Waals surface area (Å²) in [5.41, 5.74) is 39.0. The van der Waals surface area contributed by atoms with Crippen LogP contribution in [0.4, 0.5) is 0 Å². The molecule has 0 fully saturated rings. The fourth-order valence-corrected chi connectivity index (χ4v) is 24.1. The zero-order valence-corrected chi connectivity index (χ0v) is 74.6. The van der Waals surface area contributed by atoms with Crippen molar-refractivity contribution >= 4 is 163 Å². The van der Waals surface area contributed by atoms with Crippen molar-refractivity contribution in [2.24, 2.45) is 0 Å². The topological polar surface area (TPSA) is 55.4 Å². The molecular weight excluding hydrogens is 1670 g/mol. The Morgan fingerprint density at radius 1 is 0.145 bits per heavy atom. The molecule has 0 saturated carbocycles. The van der Waals surface area contributed by atoms with E-state index in [2.05, 4.69) is 482 Å². The van der Waals surface area contributed by atoms with Crippen molar-refractivity contribution in [1.29, 1.82) is 0 Å².